The number of carbonyl (C=O) groups excluding carboxylic acids is 2. The van der Waals surface area contributed by atoms with Crippen LogP contribution in [0.4, 0.5) is 0 Å². The summed E-state index contributed by atoms with van der Waals surface area (Å²) in [6.45, 7) is 0. The van der Waals surface area contributed by atoms with Crippen molar-refractivity contribution < 1.29 is 9.59 Å². The van der Waals surface area contributed by atoms with E-state index < -0.39 is 23.2 Å². The molecule has 0 saturated heterocycles. The van der Waals surface area contributed by atoms with Crippen LogP contribution in [0.25, 0.3) is 0 Å². The largest absolute Gasteiger partial charge is 0.338 e. The van der Waals surface area contributed by atoms with Crippen molar-refractivity contribution in [2.45, 2.75) is 12.5 Å². The van der Waals surface area contributed by atoms with Gasteiger partial charge in [0.2, 0.25) is 0 Å². The van der Waals surface area contributed by atoms with Gasteiger partial charge < -0.3 is 0 Å². The van der Waals surface area contributed by atoms with E-state index in [1.54, 1.807) is 24.3 Å². The van der Waals surface area contributed by atoms with Crippen molar-refractivity contribution in [2.24, 2.45) is 0 Å². The Hall–Kier alpha value is -3.02. The van der Waals surface area contributed by atoms with Crippen LogP contribution in [0.2, 0.25) is 0 Å². The molecule has 1 aliphatic carbocycles. The van der Waals surface area contributed by atoms with Crippen LogP contribution in [0.1, 0.15) is 22.8 Å². The number of hydrogen-bond acceptors (Lipinski definition) is 4. The second-order valence-electron chi connectivity index (χ2n) is 4.95. The molecular weight excluding hydrogens is 284 g/mol. The summed E-state index contributed by atoms with van der Waals surface area (Å²) >= 11 is 0. The first-order valence-corrected chi connectivity index (χ1v) is 6.73. The third-order valence-electron chi connectivity index (χ3n) is 3.51. The van der Waals surface area contributed by atoms with E-state index in [0.29, 0.717) is 4.57 Å². The number of allylic oxidation sites excluding steroid dienone is 2. The molecular formula is C16H12N2O4. The van der Waals surface area contributed by atoms with Crippen molar-refractivity contribution in [1.29, 1.82) is 0 Å². The molecule has 0 unspecified atom stereocenters. The summed E-state index contributed by atoms with van der Waals surface area (Å²) in [4.78, 5) is 48.1. The highest BCUT2D eigenvalue weighted by molar-refractivity contribution is 5.95. The van der Waals surface area contributed by atoms with Crippen LogP contribution < -0.4 is 11.2 Å². The van der Waals surface area contributed by atoms with Crippen molar-refractivity contribution in [3.63, 3.8) is 0 Å². The minimum Gasteiger partial charge on any atom is -0.295 e. The van der Waals surface area contributed by atoms with Crippen LogP contribution in [0.3, 0.4) is 0 Å². The molecule has 0 spiro atoms. The number of ketones is 1. The fourth-order valence-corrected chi connectivity index (χ4v) is 2.39. The van der Waals surface area contributed by atoms with Gasteiger partial charge in [-0.15, -0.1) is 0 Å². The maximum Gasteiger partial charge on any atom is 0.338 e. The van der Waals surface area contributed by atoms with E-state index in [4.69, 9.17) is 0 Å². The van der Waals surface area contributed by atoms with Crippen LogP contribution in [0, 0.1) is 0 Å². The third kappa shape index (κ3) is 2.35. The number of benzene rings is 1. The van der Waals surface area contributed by atoms with Gasteiger partial charge >= 0.3 is 5.69 Å². The second kappa shape index (κ2) is 5.40. The van der Waals surface area contributed by atoms with Gasteiger partial charge in [-0.2, -0.15) is 4.57 Å². The first-order valence-electron chi connectivity index (χ1n) is 6.73. The molecule has 0 amide bonds. The topological polar surface area (TPSA) is 78.1 Å². The Labute approximate surface area is 124 Å². The van der Waals surface area contributed by atoms with Crippen LogP contribution in [0.15, 0.2) is 64.3 Å². The van der Waals surface area contributed by atoms with Gasteiger partial charge in [-0.05, 0) is 18.2 Å². The Balaban J connectivity index is 2.11. The smallest absolute Gasteiger partial charge is 0.295 e. The van der Waals surface area contributed by atoms with Crippen molar-refractivity contribution in [1.82, 2.24) is 9.13 Å². The molecule has 1 aliphatic rings. The normalized spacial score (nSPS) is 16.9. The molecule has 0 aliphatic heterocycles. The summed E-state index contributed by atoms with van der Waals surface area (Å²) in [5.74, 6) is -0.776. The molecule has 1 aromatic heterocycles. The SMILES string of the molecule is O=C1C=C[C@@H](n2ccc(=O)n(C(=O)c3ccccc3)c2=O)C1. The lowest BCUT2D eigenvalue weighted by Gasteiger charge is -2.13. The summed E-state index contributed by atoms with van der Waals surface area (Å²) in [7, 11) is 0. The molecule has 6 nitrogen and oxygen atoms in total. The molecule has 0 saturated carbocycles. The molecule has 110 valence electrons. The number of hydrogen-bond donors (Lipinski definition) is 0. The number of aromatic nitrogens is 2. The van der Waals surface area contributed by atoms with Gasteiger partial charge in [0, 0.05) is 24.2 Å². The number of rotatable bonds is 2. The van der Waals surface area contributed by atoms with Gasteiger partial charge in [0.25, 0.3) is 11.5 Å². The van der Waals surface area contributed by atoms with E-state index in [1.165, 1.54) is 29.0 Å². The van der Waals surface area contributed by atoms with Crippen molar-refractivity contribution in [2.75, 3.05) is 0 Å². The lowest BCUT2D eigenvalue weighted by atomic mass is 10.2. The Bertz CT molecular complexity index is 890. The Morgan fingerprint density at radius 1 is 1.05 bits per heavy atom. The zero-order valence-electron chi connectivity index (χ0n) is 11.5. The highest BCUT2D eigenvalue weighted by Gasteiger charge is 2.22. The Morgan fingerprint density at radius 3 is 2.41 bits per heavy atom. The van der Waals surface area contributed by atoms with E-state index >= 15 is 0 Å². The van der Waals surface area contributed by atoms with Gasteiger partial charge in [-0.3, -0.25) is 19.0 Å². The molecule has 3 rings (SSSR count). The van der Waals surface area contributed by atoms with Gasteiger partial charge in [0.15, 0.2) is 5.78 Å². The second-order valence-corrected chi connectivity index (χ2v) is 4.95. The molecule has 1 aromatic carbocycles. The lowest BCUT2D eigenvalue weighted by Crippen LogP contribution is -2.43. The summed E-state index contributed by atoms with van der Waals surface area (Å²) < 4.78 is 1.82. The van der Waals surface area contributed by atoms with Gasteiger partial charge in [0.1, 0.15) is 0 Å². The molecule has 0 bridgehead atoms. The molecule has 0 N–H and O–H groups in total. The van der Waals surface area contributed by atoms with Crippen molar-refractivity contribution in [3.8, 4) is 0 Å². The quantitative estimate of drug-likeness (QED) is 0.820. The summed E-state index contributed by atoms with van der Waals surface area (Å²) in [5, 5.41) is 0. The fraction of sp³-hybridized carbons (Fsp3) is 0.125. The monoisotopic (exact) mass is 296 g/mol. The van der Waals surface area contributed by atoms with Crippen LogP contribution in [-0.2, 0) is 4.79 Å². The molecule has 0 fully saturated rings. The first kappa shape index (κ1) is 13.9. The molecule has 6 heteroatoms. The van der Waals surface area contributed by atoms with Crippen molar-refractivity contribution in [3.05, 3.63) is 81.1 Å². The van der Waals surface area contributed by atoms with E-state index in [1.807, 2.05) is 0 Å². The third-order valence-corrected chi connectivity index (χ3v) is 3.51. The average molecular weight is 296 g/mol. The Morgan fingerprint density at radius 2 is 1.77 bits per heavy atom. The minimum absolute atomic E-state index is 0.0935. The van der Waals surface area contributed by atoms with Gasteiger partial charge in [-0.25, -0.2) is 4.79 Å². The molecule has 0 radical (unpaired) electrons. The van der Waals surface area contributed by atoms with Gasteiger partial charge in [-0.1, -0.05) is 24.3 Å². The van der Waals surface area contributed by atoms with E-state index in [2.05, 4.69) is 0 Å². The predicted molar refractivity (Wildman–Crippen MR) is 78.9 cm³/mol. The molecule has 2 aromatic rings. The zero-order chi connectivity index (χ0) is 15.7. The zero-order valence-corrected chi connectivity index (χ0v) is 11.5. The van der Waals surface area contributed by atoms with Crippen LogP contribution >= 0.6 is 0 Å². The summed E-state index contributed by atoms with van der Waals surface area (Å²) in [6, 6.07) is 8.79. The summed E-state index contributed by atoms with van der Waals surface area (Å²) in [5.41, 5.74) is -1.19. The molecule has 1 heterocycles. The first-order chi connectivity index (χ1) is 10.6. The maximum atomic E-state index is 12.5. The highest BCUT2D eigenvalue weighted by Crippen LogP contribution is 2.17. The van der Waals surface area contributed by atoms with Crippen molar-refractivity contribution >= 4 is 11.7 Å². The van der Waals surface area contributed by atoms with E-state index in [0.717, 1.165) is 6.07 Å². The standard InChI is InChI=1S/C16H12N2O4/c19-13-7-6-12(10-13)17-9-8-14(20)18(16(17)22)15(21)11-4-2-1-3-5-11/h1-9,12H,10H2/t12-/m1/s1. The average Bonchev–Trinajstić information content (AvgIpc) is 2.94. The van der Waals surface area contributed by atoms with Gasteiger partial charge in [0.05, 0.1) is 6.04 Å². The predicted octanol–water partition coefficient (Wildman–Crippen LogP) is 0.769. The molecule has 22 heavy (non-hydrogen) atoms. The minimum atomic E-state index is -0.745. The number of nitrogens with zero attached hydrogens (tertiary/aromatic N) is 2. The van der Waals surface area contributed by atoms with Crippen LogP contribution in [-0.4, -0.2) is 20.8 Å². The van der Waals surface area contributed by atoms with E-state index in [-0.39, 0.29) is 17.8 Å². The van der Waals surface area contributed by atoms with Crippen LogP contribution in [0.5, 0.6) is 0 Å². The fourth-order valence-electron chi connectivity index (χ4n) is 2.39. The maximum absolute atomic E-state index is 12.5. The lowest BCUT2D eigenvalue weighted by molar-refractivity contribution is -0.114. The molecule has 1 atom stereocenters. The highest BCUT2D eigenvalue weighted by atomic mass is 16.2. The Kier molecular flexibility index (Phi) is 3.42. The summed E-state index contributed by atoms with van der Waals surface area (Å²) in [6.07, 6.45) is 4.45. The number of carbonyl (C=O) groups is 2. The van der Waals surface area contributed by atoms with E-state index in [9.17, 15) is 19.2 Å².